The van der Waals surface area contributed by atoms with Crippen molar-refractivity contribution in [3.63, 3.8) is 0 Å². The number of alkyl halides is 3. The van der Waals surface area contributed by atoms with Gasteiger partial charge in [0.15, 0.2) is 5.60 Å². The number of aryl methyl sites for hydroxylation is 1. The molecule has 0 bridgehead atoms. The largest absolute Gasteiger partial charge is 0.476 e. The van der Waals surface area contributed by atoms with Gasteiger partial charge in [-0.15, -0.1) is 0 Å². The van der Waals surface area contributed by atoms with Crippen LogP contribution in [0, 0.1) is 6.92 Å². The number of likely N-dealkylation sites (tertiary alicyclic amines) is 1. The Balaban J connectivity index is 1.90. The van der Waals surface area contributed by atoms with Crippen molar-refractivity contribution in [3.8, 4) is 5.75 Å². The highest BCUT2D eigenvalue weighted by atomic mass is 19.4. The molecule has 41 heavy (non-hydrogen) atoms. The number of halogens is 3. The number of anilines is 1. The highest BCUT2D eigenvalue weighted by Crippen LogP contribution is 2.40. The van der Waals surface area contributed by atoms with Gasteiger partial charge in [0, 0.05) is 37.7 Å². The van der Waals surface area contributed by atoms with Crippen LogP contribution in [0.25, 0.3) is 0 Å². The molecule has 0 spiro atoms. The molecule has 0 N–H and O–H groups in total. The molecule has 1 atom stereocenters. The van der Waals surface area contributed by atoms with Crippen LogP contribution in [0.3, 0.4) is 0 Å². The number of rotatable bonds is 7. The number of hydrogen-bond acceptors (Lipinski definition) is 5. The SMILES string of the molecule is Cc1cc2c(cc1C(=O)N(C(C)C)[C@@H]1CCCN(C(=O)OC(C)(C)C)C1)N(CCCCC(F)(F)F)C(=O)C(C)(C)O2. The Morgan fingerprint density at radius 1 is 1.17 bits per heavy atom. The summed E-state index contributed by atoms with van der Waals surface area (Å²) < 4.78 is 49.7. The average Bonchev–Trinajstić information content (AvgIpc) is 2.82. The van der Waals surface area contributed by atoms with E-state index in [2.05, 4.69) is 0 Å². The van der Waals surface area contributed by atoms with Crippen LogP contribution in [0.1, 0.15) is 96.5 Å². The molecule has 230 valence electrons. The predicted molar refractivity (Wildman–Crippen MR) is 150 cm³/mol. The molecule has 0 aromatic heterocycles. The quantitative estimate of drug-likeness (QED) is 0.343. The third-order valence-corrected chi connectivity index (χ3v) is 7.28. The molecule has 0 radical (unpaired) electrons. The molecule has 1 aromatic carbocycles. The molecule has 0 saturated carbocycles. The van der Waals surface area contributed by atoms with Gasteiger partial charge in [-0.1, -0.05) is 0 Å². The monoisotopic (exact) mass is 583 g/mol. The van der Waals surface area contributed by atoms with Crippen molar-refractivity contribution in [1.82, 2.24) is 9.80 Å². The van der Waals surface area contributed by atoms with Gasteiger partial charge in [0.25, 0.3) is 11.8 Å². The number of hydrogen-bond donors (Lipinski definition) is 0. The van der Waals surface area contributed by atoms with Crippen LogP contribution in [0.4, 0.5) is 23.7 Å². The lowest BCUT2D eigenvalue weighted by atomic mass is 9.97. The van der Waals surface area contributed by atoms with Gasteiger partial charge in [0.2, 0.25) is 0 Å². The second-order valence-electron chi connectivity index (χ2n) is 12.8. The first-order valence-electron chi connectivity index (χ1n) is 14.3. The summed E-state index contributed by atoms with van der Waals surface area (Å²) in [6.45, 7) is 15.3. The molecule has 1 aromatic rings. The third-order valence-electron chi connectivity index (χ3n) is 7.28. The van der Waals surface area contributed by atoms with Crippen LogP contribution in [0.5, 0.6) is 5.75 Å². The molecule has 1 fully saturated rings. The van der Waals surface area contributed by atoms with Crippen molar-refractivity contribution in [3.05, 3.63) is 23.3 Å². The van der Waals surface area contributed by atoms with Crippen molar-refractivity contribution >= 4 is 23.6 Å². The highest BCUT2D eigenvalue weighted by Gasteiger charge is 2.42. The first-order chi connectivity index (χ1) is 18.8. The van der Waals surface area contributed by atoms with E-state index in [1.165, 1.54) is 4.90 Å². The lowest BCUT2D eigenvalue weighted by molar-refractivity contribution is -0.135. The summed E-state index contributed by atoms with van der Waals surface area (Å²) in [6, 6.07) is 2.91. The second kappa shape index (κ2) is 12.1. The van der Waals surface area contributed by atoms with E-state index in [4.69, 9.17) is 9.47 Å². The minimum atomic E-state index is -4.26. The number of carbonyl (C=O) groups excluding carboxylic acids is 3. The van der Waals surface area contributed by atoms with Gasteiger partial charge in [-0.3, -0.25) is 9.59 Å². The number of fused-ring (bicyclic) bond motifs is 1. The standard InChI is InChI=1S/C30H44F3N3O5/c1-19(2)36(21-12-11-14-34(18-21)27(39)41-28(4,5)6)25(37)22-17-23-24(16-20(22)3)40-29(7,8)26(38)35(23)15-10-9-13-30(31,32)33/h16-17,19,21H,9-15,18H2,1-8H3/t21-/m1/s1. The summed E-state index contributed by atoms with van der Waals surface area (Å²) in [6.07, 6.45) is -4.13. The minimum Gasteiger partial charge on any atom is -0.476 e. The number of amides is 3. The average molecular weight is 584 g/mol. The zero-order chi connectivity index (χ0) is 30.9. The van der Waals surface area contributed by atoms with Gasteiger partial charge in [0.05, 0.1) is 11.7 Å². The molecule has 1 saturated heterocycles. The van der Waals surface area contributed by atoms with Gasteiger partial charge < -0.3 is 24.2 Å². The molecular weight excluding hydrogens is 539 g/mol. The van der Waals surface area contributed by atoms with E-state index >= 15 is 0 Å². The van der Waals surface area contributed by atoms with Crippen LogP contribution in [-0.4, -0.2) is 76.8 Å². The smallest absolute Gasteiger partial charge is 0.410 e. The molecule has 0 aliphatic carbocycles. The maximum atomic E-state index is 14.1. The molecule has 3 rings (SSSR count). The second-order valence-corrected chi connectivity index (χ2v) is 12.8. The van der Waals surface area contributed by atoms with E-state index in [0.717, 1.165) is 0 Å². The van der Waals surface area contributed by atoms with E-state index in [-0.39, 0.29) is 43.3 Å². The zero-order valence-corrected chi connectivity index (χ0v) is 25.5. The summed E-state index contributed by atoms with van der Waals surface area (Å²) in [4.78, 5) is 45.0. The molecule has 2 aliphatic heterocycles. The maximum absolute atomic E-state index is 14.1. The van der Waals surface area contributed by atoms with Crippen LogP contribution in [0.15, 0.2) is 12.1 Å². The Labute approximate surface area is 241 Å². The van der Waals surface area contributed by atoms with Crippen LogP contribution in [0.2, 0.25) is 0 Å². The topological polar surface area (TPSA) is 79.4 Å². The molecular formula is C30H44F3N3O5. The molecule has 8 nitrogen and oxygen atoms in total. The van der Waals surface area contributed by atoms with Crippen molar-refractivity contribution < 1.29 is 37.0 Å². The summed E-state index contributed by atoms with van der Waals surface area (Å²) >= 11 is 0. The predicted octanol–water partition coefficient (Wildman–Crippen LogP) is 6.48. The Morgan fingerprint density at radius 3 is 2.41 bits per heavy atom. The maximum Gasteiger partial charge on any atom is 0.410 e. The first-order valence-corrected chi connectivity index (χ1v) is 14.3. The van der Waals surface area contributed by atoms with Gasteiger partial charge in [-0.05, 0) is 98.8 Å². The fraction of sp³-hybridized carbons (Fsp3) is 0.700. The molecule has 11 heteroatoms. The Hall–Kier alpha value is -2.98. The Kier molecular flexibility index (Phi) is 9.60. The fourth-order valence-corrected chi connectivity index (χ4v) is 5.40. The van der Waals surface area contributed by atoms with Gasteiger partial charge >= 0.3 is 12.3 Å². The third kappa shape index (κ3) is 8.07. The lowest BCUT2D eigenvalue weighted by Gasteiger charge is -2.42. The summed E-state index contributed by atoms with van der Waals surface area (Å²) in [5.74, 6) is -0.213. The summed E-state index contributed by atoms with van der Waals surface area (Å²) in [5.41, 5.74) is -0.431. The number of ether oxygens (including phenoxy) is 2. The number of nitrogens with zero attached hydrogens (tertiary/aromatic N) is 3. The van der Waals surface area contributed by atoms with Gasteiger partial charge in [-0.25, -0.2) is 4.79 Å². The summed E-state index contributed by atoms with van der Waals surface area (Å²) in [5, 5.41) is 0. The van der Waals surface area contributed by atoms with E-state index in [0.29, 0.717) is 48.5 Å². The fourth-order valence-electron chi connectivity index (χ4n) is 5.40. The lowest BCUT2D eigenvalue weighted by Crippen LogP contribution is -2.55. The number of piperidine rings is 1. The number of carbonyl (C=O) groups is 3. The van der Waals surface area contributed by atoms with Crippen LogP contribution >= 0.6 is 0 Å². The minimum absolute atomic E-state index is 0.0762. The van der Waals surface area contributed by atoms with E-state index in [9.17, 15) is 27.6 Å². The van der Waals surface area contributed by atoms with Crippen LogP contribution < -0.4 is 9.64 Å². The molecule has 2 heterocycles. The van der Waals surface area contributed by atoms with E-state index in [1.54, 1.807) is 42.7 Å². The van der Waals surface area contributed by atoms with Crippen molar-refractivity contribution in [2.75, 3.05) is 24.5 Å². The van der Waals surface area contributed by atoms with Gasteiger partial charge in [0.1, 0.15) is 11.4 Å². The number of benzene rings is 1. The molecule has 3 amide bonds. The van der Waals surface area contributed by atoms with Gasteiger partial charge in [-0.2, -0.15) is 13.2 Å². The van der Waals surface area contributed by atoms with E-state index < -0.39 is 29.9 Å². The first kappa shape index (κ1) is 32.5. The molecule has 0 unspecified atom stereocenters. The normalized spacial score (nSPS) is 19.1. The molecule has 2 aliphatic rings. The van der Waals surface area contributed by atoms with Crippen molar-refractivity contribution in [1.29, 1.82) is 0 Å². The summed E-state index contributed by atoms with van der Waals surface area (Å²) in [7, 11) is 0. The van der Waals surface area contributed by atoms with Crippen LogP contribution in [-0.2, 0) is 9.53 Å². The van der Waals surface area contributed by atoms with Crippen molar-refractivity contribution in [2.24, 2.45) is 0 Å². The highest BCUT2D eigenvalue weighted by molar-refractivity contribution is 6.05. The Bertz CT molecular complexity index is 1140. The number of unbranched alkanes of at least 4 members (excludes halogenated alkanes) is 1. The van der Waals surface area contributed by atoms with E-state index in [1.807, 2.05) is 34.6 Å². The zero-order valence-electron chi connectivity index (χ0n) is 25.5. The Morgan fingerprint density at radius 2 is 1.83 bits per heavy atom. The van der Waals surface area contributed by atoms with Crippen molar-refractivity contribution in [2.45, 2.75) is 117 Å².